The van der Waals surface area contributed by atoms with E-state index in [0.29, 0.717) is 12.8 Å². The molecule has 4 N–H and O–H groups in total. The summed E-state index contributed by atoms with van der Waals surface area (Å²) >= 11 is 0. The Labute approximate surface area is 394 Å². The number of rotatable bonds is 52. The molecule has 0 aromatic heterocycles. The monoisotopic (exact) mass is 886 g/mol. The number of allylic oxidation sites excluding steroid dienone is 6. The third-order valence-corrected chi connectivity index (χ3v) is 13.2. The molecule has 0 radical (unpaired) electrons. The molecule has 372 valence electrons. The average molecular weight is 887 g/mol. The minimum atomic E-state index is -1.16. The third kappa shape index (κ3) is 48.3. The van der Waals surface area contributed by atoms with Crippen LogP contribution in [0.2, 0.25) is 0 Å². The van der Waals surface area contributed by atoms with E-state index in [2.05, 4.69) is 55.6 Å². The molecular weight excluding hydrogens is 775 g/mol. The first-order valence-corrected chi connectivity index (χ1v) is 28.3. The Kier molecular flexibility index (Phi) is 52.0. The second-order valence-corrected chi connectivity index (χ2v) is 19.5. The molecule has 0 bridgehead atoms. The van der Waals surface area contributed by atoms with E-state index < -0.39 is 18.2 Å². The lowest BCUT2D eigenvalue weighted by atomic mass is 10.0. The molecule has 5 nitrogen and oxygen atoms in total. The van der Waals surface area contributed by atoms with Crippen LogP contribution in [0.3, 0.4) is 0 Å². The predicted molar refractivity (Wildman–Crippen MR) is 278 cm³/mol. The van der Waals surface area contributed by atoms with Crippen LogP contribution in [-0.4, -0.2) is 46.1 Å². The number of unbranched alkanes of at least 4 members (excludes halogenated alkanes) is 38. The molecule has 3 atom stereocenters. The van der Waals surface area contributed by atoms with E-state index in [9.17, 15) is 20.1 Å². The molecule has 0 aromatic rings. The van der Waals surface area contributed by atoms with Gasteiger partial charge in [-0.25, -0.2) is 0 Å². The summed E-state index contributed by atoms with van der Waals surface area (Å²) in [5.74, 6) is -0.151. The first-order valence-electron chi connectivity index (χ1n) is 28.3. The van der Waals surface area contributed by atoms with Crippen molar-refractivity contribution in [2.45, 2.75) is 321 Å². The second-order valence-electron chi connectivity index (χ2n) is 19.5. The van der Waals surface area contributed by atoms with Crippen LogP contribution in [0, 0.1) is 0 Å². The van der Waals surface area contributed by atoms with Gasteiger partial charge in [-0.2, -0.15) is 0 Å². The van der Waals surface area contributed by atoms with Crippen LogP contribution in [0.4, 0.5) is 0 Å². The van der Waals surface area contributed by atoms with Crippen LogP contribution in [0.1, 0.15) is 303 Å². The SMILES string of the molecule is CCCCCCCCCCC/C=C/CCCC(O)C(O)C(CO)NC(=O)CCCCCCCCCCCCCCCCCCC/C=C\C/C=C\CCCCCCCCCCCCC. The van der Waals surface area contributed by atoms with Gasteiger partial charge in [-0.15, -0.1) is 0 Å². The molecule has 5 heteroatoms. The lowest BCUT2D eigenvalue weighted by molar-refractivity contribution is -0.124. The number of hydrogen-bond donors (Lipinski definition) is 4. The summed E-state index contributed by atoms with van der Waals surface area (Å²) in [5.41, 5.74) is 0. The minimum Gasteiger partial charge on any atom is -0.394 e. The summed E-state index contributed by atoms with van der Waals surface area (Å²) in [6, 6.07) is -0.825. The topological polar surface area (TPSA) is 89.8 Å². The lowest BCUT2D eigenvalue weighted by Crippen LogP contribution is -2.50. The van der Waals surface area contributed by atoms with E-state index in [1.54, 1.807) is 0 Å². The highest BCUT2D eigenvalue weighted by molar-refractivity contribution is 5.76. The van der Waals surface area contributed by atoms with E-state index in [1.165, 1.54) is 231 Å². The number of amides is 1. The normalized spacial score (nSPS) is 13.5. The molecule has 0 aromatic carbocycles. The molecule has 0 aliphatic rings. The second kappa shape index (κ2) is 53.2. The van der Waals surface area contributed by atoms with Crippen molar-refractivity contribution < 1.29 is 20.1 Å². The molecule has 0 saturated heterocycles. The van der Waals surface area contributed by atoms with Gasteiger partial charge in [-0.05, 0) is 70.6 Å². The van der Waals surface area contributed by atoms with Crippen molar-refractivity contribution in [3.63, 3.8) is 0 Å². The number of nitrogens with one attached hydrogen (secondary N) is 1. The standard InChI is InChI=1S/C58H111NO4/c1-3-5-7-9-11-13-15-17-19-20-21-22-23-24-25-26-27-28-29-30-31-32-33-34-35-36-37-38-39-41-43-45-47-49-51-53-57(62)59-55(54-60)58(63)56(61)52-50-48-46-44-42-40-18-16-14-12-10-8-6-4-2/h23-24,26-27,44,46,55-56,58,60-61,63H,3-22,25,28-43,45,47-54H2,1-2H3,(H,59,62)/b24-23-,27-26-,46-44+. The van der Waals surface area contributed by atoms with Crippen LogP contribution < -0.4 is 5.32 Å². The summed E-state index contributed by atoms with van der Waals surface area (Å²) < 4.78 is 0. The molecule has 0 aliphatic heterocycles. The van der Waals surface area contributed by atoms with Crippen molar-refractivity contribution in [1.82, 2.24) is 5.32 Å². The fraction of sp³-hybridized carbons (Fsp3) is 0.879. The Bertz CT molecular complexity index is 978. The van der Waals surface area contributed by atoms with Crippen molar-refractivity contribution >= 4 is 5.91 Å². The summed E-state index contributed by atoms with van der Waals surface area (Å²) in [7, 11) is 0. The van der Waals surface area contributed by atoms with E-state index in [-0.39, 0.29) is 12.5 Å². The molecule has 63 heavy (non-hydrogen) atoms. The van der Waals surface area contributed by atoms with Crippen molar-refractivity contribution in [1.29, 1.82) is 0 Å². The Hall–Kier alpha value is -1.43. The van der Waals surface area contributed by atoms with Crippen LogP contribution in [0.25, 0.3) is 0 Å². The average Bonchev–Trinajstić information content (AvgIpc) is 3.29. The Morgan fingerprint density at radius 3 is 1.02 bits per heavy atom. The lowest BCUT2D eigenvalue weighted by Gasteiger charge is -2.26. The first kappa shape index (κ1) is 61.6. The summed E-state index contributed by atoms with van der Waals surface area (Å²) in [4.78, 5) is 12.5. The van der Waals surface area contributed by atoms with Crippen molar-refractivity contribution in [3.05, 3.63) is 36.5 Å². The molecule has 0 fully saturated rings. The molecule has 0 aliphatic carbocycles. The number of aliphatic hydroxyl groups excluding tert-OH is 3. The fourth-order valence-corrected chi connectivity index (χ4v) is 8.84. The Balaban J connectivity index is 3.49. The van der Waals surface area contributed by atoms with Crippen molar-refractivity contribution in [2.75, 3.05) is 6.61 Å². The van der Waals surface area contributed by atoms with Gasteiger partial charge in [-0.3, -0.25) is 4.79 Å². The third-order valence-electron chi connectivity index (χ3n) is 13.2. The van der Waals surface area contributed by atoms with Crippen LogP contribution in [0.5, 0.6) is 0 Å². The largest absolute Gasteiger partial charge is 0.394 e. The molecule has 0 saturated carbocycles. The predicted octanol–water partition coefficient (Wildman–Crippen LogP) is 17.4. The summed E-state index contributed by atoms with van der Waals surface area (Å²) in [6.07, 6.45) is 68.9. The van der Waals surface area contributed by atoms with E-state index in [1.807, 2.05) is 0 Å². The summed E-state index contributed by atoms with van der Waals surface area (Å²) in [5, 5.41) is 33.6. The molecular formula is C58H111NO4. The molecule has 0 spiro atoms. The number of carbonyl (C=O) groups excluding carboxylic acids is 1. The van der Waals surface area contributed by atoms with Gasteiger partial charge in [-0.1, -0.05) is 262 Å². The van der Waals surface area contributed by atoms with E-state index in [0.717, 1.165) is 44.9 Å². The van der Waals surface area contributed by atoms with Crippen LogP contribution in [-0.2, 0) is 4.79 Å². The first-order chi connectivity index (χ1) is 31.1. The number of carbonyl (C=O) groups is 1. The maximum atomic E-state index is 12.5. The van der Waals surface area contributed by atoms with Crippen LogP contribution in [0.15, 0.2) is 36.5 Å². The molecule has 1 amide bonds. The fourth-order valence-electron chi connectivity index (χ4n) is 8.84. The van der Waals surface area contributed by atoms with Gasteiger partial charge < -0.3 is 20.6 Å². The van der Waals surface area contributed by atoms with Gasteiger partial charge >= 0.3 is 0 Å². The highest BCUT2D eigenvalue weighted by atomic mass is 16.3. The van der Waals surface area contributed by atoms with Crippen molar-refractivity contribution in [3.8, 4) is 0 Å². The maximum absolute atomic E-state index is 12.5. The zero-order chi connectivity index (χ0) is 45.8. The zero-order valence-electron chi connectivity index (χ0n) is 42.5. The van der Waals surface area contributed by atoms with Gasteiger partial charge in [0.15, 0.2) is 0 Å². The number of hydrogen-bond acceptors (Lipinski definition) is 4. The van der Waals surface area contributed by atoms with Crippen LogP contribution >= 0.6 is 0 Å². The highest BCUT2D eigenvalue weighted by Gasteiger charge is 2.26. The smallest absolute Gasteiger partial charge is 0.220 e. The van der Waals surface area contributed by atoms with E-state index >= 15 is 0 Å². The minimum absolute atomic E-state index is 0.151. The zero-order valence-corrected chi connectivity index (χ0v) is 42.5. The number of aliphatic hydroxyl groups is 3. The summed E-state index contributed by atoms with van der Waals surface area (Å²) in [6.45, 7) is 4.18. The van der Waals surface area contributed by atoms with Gasteiger partial charge in [0.25, 0.3) is 0 Å². The van der Waals surface area contributed by atoms with E-state index in [4.69, 9.17) is 0 Å². The Morgan fingerprint density at radius 1 is 0.397 bits per heavy atom. The van der Waals surface area contributed by atoms with Gasteiger partial charge in [0.05, 0.1) is 18.8 Å². The van der Waals surface area contributed by atoms with Crippen molar-refractivity contribution in [2.24, 2.45) is 0 Å². The Morgan fingerprint density at radius 2 is 0.683 bits per heavy atom. The molecule has 0 heterocycles. The van der Waals surface area contributed by atoms with Gasteiger partial charge in [0.2, 0.25) is 5.91 Å². The highest BCUT2D eigenvalue weighted by Crippen LogP contribution is 2.17. The van der Waals surface area contributed by atoms with Gasteiger partial charge in [0, 0.05) is 6.42 Å². The quantitative estimate of drug-likeness (QED) is 0.0362. The molecule has 0 rings (SSSR count). The van der Waals surface area contributed by atoms with Gasteiger partial charge in [0.1, 0.15) is 6.10 Å². The maximum Gasteiger partial charge on any atom is 0.220 e. The molecule has 3 unspecified atom stereocenters.